The summed E-state index contributed by atoms with van der Waals surface area (Å²) in [6, 6.07) is 14.5. The summed E-state index contributed by atoms with van der Waals surface area (Å²) in [5, 5.41) is 7.66. The van der Waals surface area contributed by atoms with Gasteiger partial charge in [-0.2, -0.15) is 22.7 Å². The predicted octanol–water partition coefficient (Wildman–Crippen LogP) is 5.42. The normalized spacial score (nSPS) is 11.8. The van der Waals surface area contributed by atoms with Gasteiger partial charge in [-0.1, -0.05) is 43.3 Å². The number of hydrogen-bond acceptors (Lipinski definition) is 4. The standard InChI is InChI=1S/C21H18F3N5/c1-3-17-13(2)25-20-27-18(14-8-5-4-6-9-14)28-29(20)19(17)26-16-11-7-10-15(12-16)21(22,23)24/h4-12,26H,3H2,1-2H3. The van der Waals surface area contributed by atoms with Crippen LogP contribution >= 0.6 is 0 Å². The Morgan fingerprint density at radius 2 is 1.76 bits per heavy atom. The summed E-state index contributed by atoms with van der Waals surface area (Å²) in [6.45, 7) is 3.81. The van der Waals surface area contributed by atoms with E-state index in [1.54, 1.807) is 10.6 Å². The van der Waals surface area contributed by atoms with Gasteiger partial charge in [0.25, 0.3) is 5.78 Å². The van der Waals surface area contributed by atoms with Gasteiger partial charge in [-0.3, -0.25) is 0 Å². The summed E-state index contributed by atoms with van der Waals surface area (Å²) < 4.78 is 40.8. The van der Waals surface area contributed by atoms with Gasteiger partial charge in [0.15, 0.2) is 5.82 Å². The van der Waals surface area contributed by atoms with Crippen molar-refractivity contribution in [2.45, 2.75) is 26.4 Å². The highest BCUT2D eigenvalue weighted by Gasteiger charge is 2.30. The van der Waals surface area contributed by atoms with Gasteiger partial charge in [-0.25, -0.2) is 4.98 Å². The Labute approximate surface area is 165 Å². The highest BCUT2D eigenvalue weighted by molar-refractivity contribution is 5.65. The Hall–Kier alpha value is -3.42. The van der Waals surface area contributed by atoms with E-state index in [2.05, 4.69) is 20.4 Å². The lowest BCUT2D eigenvalue weighted by atomic mass is 10.1. The van der Waals surface area contributed by atoms with Crippen molar-refractivity contribution in [3.63, 3.8) is 0 Å². The van der Waals surface area contributed by atoms with E-state index >= 15 is 0 Å². The fourth-order valence-corrected chi connectivity index (χ4v) is 3.21. The van der Waals surface area contributed by atoms with E-state index in [4.69, 9.17) is 0 Å². The van der Waals surface area contributed by atoms with Crippen molar-refractivity contribution in [2.24, 2.45) is 0 Å². The number of fused-ring (bicyclic) bond motifs is 1. The first kappa shape index (κ1) is 18.9. The number of nitrogens with zero attached hydrogens (tertiary/aromatic N) is 4. The van der Waals surface area contributed by atoms with Gasteiger partial charge in [0.05, 0.1) is 5.56 Å². The average molecular weight is 397 g/mol. The monoisotopic (exact) mass is 397 g/mol. The number of nitrogens with one attached hydrogen (secondary N) is 1. The smallest absolute Gasteiger partial charge is 0.340 e. The maximum atomic E-state index is 13.1. The van der Waals surface area contributed by atoms with Gasteiger partial charge in [0.2, 0.25) is 0 Å². The van der Waals surface area contributed by atoms with Crippen molar-refractivity contribution in [1.82, 2.24) is 19.6 Å². The quantitative estimate of drug-likeness (QED) is 0.499. The molecule has 0 bridgehead atoms. The number of anilines is 2. The van der Waals surface area contributed by atoms with Crippen molar-refractivity contribution in [3.05, 3.63) is 71.4 Å². The van der Waals surface area contributed by atoms with Crippen LogP contribution < -0.4 is 5.32 Å². The van der Waals surface area contributed by atoms with E-state index < -0.39 is 11.7 Å². The molecule has 0 saturated carbocycles. The molecule has 29 heavy (non-hydrogen) atoms. The first-order chi connectivity index (χ1) is 13.9. The summed E-state index contributed by atoms with van der Waals surface area (Å²) in [6.07, 6.45) is -3.78. The van der Waals surface area contributed by atoms with Crippen LogP contribution in [0.4, 0.5) is 24.7 Å². The molecule has 8 heteroatoms. The molecule has 1 N–H and O–H groups in total. The Morgan fingerprint density at radius 3 is 2.45 bits per heavy atom. The summed E-state index contributed by atoms with van der Waals surface area (Å²) in [7, 11) is 0. The lowest BCUT2D eigenvalue weighted by Crippen LogP contribution is -2.09. The van der Waals surface area contributed by atoms with E-state index in [1.807, 2.05) is 44.2 Å². The van der Waals surface area contributed by atoms with E-state index in [1.165, 1.54) is 6.07 Å². The minimum absolute atomic E-state index is 0.318. The number of benzene rings is 2. The zero-order valence-electron chi connectivity index (χ0n) is 15.8. The third-order valence-electron chi connectivity index (χ3n) is 4.63. The Balaban J connectivity index is 1.85. The molecule has 2 aromatic heterocycles. The molecule has 0 aliphatic carbocycles. The van der Waals surface area contributed by atoms with Gasteiger partial charge >= 0.3 is 6.18 Å². The van der Waals surface area contributed by atoms with Crippen LogP contribution in [0.1, 0.15) is 23.7 Å². The minimum Gasteiger partial charge on any atom is -0.340 e. The highest BCUT2D eigenvalue weighted by Crippen LogP contribution is 2.32. The molecule has 0 unspecified atom stereocenters. The molecule has 2 aromatic carbocycles. The summed E-state index contributed by atoms with van der Waals surface area (Å²) in [4.78, 5) is 9.02. The lowest BCUT2D eigenvalue weighted by molar-refractivity contribution is -0.137. The molecule has 0 saturated heterocycles. The maximum Gasteiger partial charge on any atom is 0.416 e. The largest absolute Gasteiger partial charge is 0.416 e. The van der Waals surface area contributed by atoms with Gasteiger partial charge in [-0.05, 0) is 31.5 Å². The molecule has 0 radical (unpaired) electrons. The van der Waals surface area contributed by atoms with Gasteiger partial charge in [0, 0.05) is 22.5 Å². The second kappa shape index (κ2) is 7.20. The zero-order chi connectivity index (χ0) is 20.6. The molecule has 0 aliphatic heterocycles. The number of hydrogen-bond donors (Lipinski definition) is 1. The van der Waals surface area contributed by atoms with Crippen LogP contribution in [0.25, 0.3) is 17.2 Å². The van der Waals surface area contributed by atoms with Crippen molar-refractivity contribution in [3.8, 4) is 11.4 Å². The van der Waals surface area contributed by atoms with E-state index in [0.717, 1.165) is 29.0 Å². The topological polar surface area (TPSA) is 55.1 Å². The predicted molar refractivity (Wildman–Crippen MR) is 105 cm³/mol. The molecule has 2 heterocycles. The number of aryl methyl sites for hydroxylation is 1. The lowest BCUT2D eigenvalue weighted by Gasteiger charge is -2.15. The van der Waals surface area contributed by atoms with E-state index in [9.17, 15) is 13.2 Å². The molecule has 0 amide bonds. The van der Waals surface area contributed by atoms with Crippen LogP contribution in [0.5, 0.6) is 0 Å². The molecule has 0 atom stereocenters. The molecular formula is C21H18F3N5. The van der Waals surface area contributed by atoms with Crippen LogP contribution in [-0.4, -0.2) is 19.6 Å². The Bertz CT molecular complexity index is 1170. The third-order valence-corrected chi connectivity index (χ3v) is 4.63. The average Bonchev–Trinajstić information content (AvgIpc) is 3.12. The minimum atomic E-state index is -4.41. The summed E-state index contributed by atoms with van der Waals surface area (Å²) in [5.74, 6) is 1.44. The zero-order valence-corrected chi connectivity index (χ0v) is 15.8. The van der Waals surface area contributed by atoms with Gasteiger partial charge in [-0.15, -0.1) is 5.10 Å². The molecule has 148 valence electrons. The molecule has 4 aromatic rings. The maximum absolute atomic E-state index is 13.1. The van der Waals surface area contributed by atoms with Crippen molar-refractivity contribution < 1.29 is 13.2 Å². The fraction of sp³-hybridized carbons (Fsp3) is 0.190. The van der Waals surface area contributed by atoms with Gasteiger partial charge in [0.1, 0.15) is 5.82 Å². The molecule has 0 aliphatic rings. The number of aromatic nitrogens is 4. The first-order valence-electron chi connectivity index (χ1n) is 9.12. The Morgan fingerprint density at radius 1 is 1.00 bits per heavy atom. The molecule has 0 fully saturated rings. The first-order valence-corrected chi connectivity index (χ1v) is 9.12. The second-order valence-corrected chi connectivity index (χ2v) is 6.59. The summed E-state index contributed by atoms with van der Waals surface area (Å²) in [5.41, 5.74) is 2.05. The Kier molecular flexibility index (Phi) is 4.70. The van der Waals surface area contributed by atoms with E-state index in [0.29, 0.717) is 29.5 Å². The molecular weight excluding hydrogens is 379 g/mol. The van der Waals surface area contributed by atoms with Crippen molar-refractivity contribution in [1.29, 1.82) is 0 Å². The van der Waals surface area contributed by atoms with Crippen molar-refractivity contribution in [2.75, 3.05) is 5.32 Å². The van der Waals surface area contributed by atoms with Gasteiger partial charge < -0.3 is 5.32 Å². The third kappa shape index (κ3) is 3.65. The van der Waals surface area contributed by atoms with E-state index in [-0.39, 0.29) is 0 Å². The van der Waals surface area contributed by atoms with Crippen LogP contribution in [0.3, 0.4) is 0 Å². The fourth-order valence-electron chi connectivity index (χ4n) is 3.21. The van der Waals surface area contributed by atoms with Crippen molar-refractivity contribution >= 4 is 17.3 Å². The van der Waals surface area contributed by atoms with Crippen LogP contribution in [-0.2, 0) is 12.6 Å². The molecule has 5 nitrogen and oxygen atoms in total. The number of alkyl halides is 3. The van der Waals surface area contributed by atoms with Crippen LogP contribution in [0.15, 0.2) is 54.6 Å². The SMILES string of the molecule is CCc1c(C)nc2nc(-c3ccccc3)nn2c1Nc1cccc(C(F)(F)F)c1. The van der Waals surface area contributed by atoms with Crippen LogP contribution in [0.2, 0.25) is 0 Å². The van der Waals surface area contributed by atoms with Crippen LogP contribution in [0, 0.1) is 6.92 Å². The molecule has 4 rings (SSSR count). The summed E-state index contributed by atoms with van der Waals surface area (Å²) >= 11 is 0. The number of rotatable bonds is 4. The molecule has 0 spiro atoms. The number of halogens is 3. The highest BCUT2D eigenvalue weighted by atomic mass is 19.4. The second-order valence-electron chi connectivity index (χ2n) is 6.59.